The van der Waals surface area contributed by atoms with Crippen LogP contribution in [0, 0.1) is 5.82 Å². The van der Waals surface area contributed by atoms with Gasteiger partial charge in [-0.05, 0) is 30.2 Å². The number of hydrogen-bond acceptors (Lipinski definition) is 4. The number of nitrogens with two attached hydrogens (primary N) is 1. The molecule has 0 amide bonds. The van der Waals surface area contributed by atoms with Crippen LogP contribution in [0.2, 0.25) is 0 Å². The van der Waals surface area contributed by atoms with Gasteiger partial charge in [0.15, 0.2) is 0 Å². The molecule has 0 radical (unpaired) electrons. The van der Waals surface area contributed by atoms with Gasteiger partial charge in [-0.25, -0.2) is 4.39 Å². The lowest BCUT2D eigenvalue weighted by Gasteiger charge is -1.99. The maximum absolute atomic E-state index is 13.1. The van der Waals surface area contributed by atoms with Crippen molar-refractivity contribution in [2.45, 2.75) is 13.3 Å². The highest BCUT2D eigenvalue weighted by Gasteiger charge is 2.13. The maximum atomic E-state index is 13.1. The normalized spacial score (nSPS) is 10.8. The third kappa shape index (κ3) is 2.63. The van der Waals surface area contributed by atoms with Crippen LogP contribution in [0.25, 0.3) is 22.8 Å². The van der Waals surface area contributed by atoms with Crippen LogP contribution in [0.5, 0.6) is 0 Å². The molecule has 0 aliphatic carbocycles. The molecule has 5 heteroatoms. The topological polar surface area (TPSA) is 64.9 Å². The monoisotopic (exact) mass is 283 g/mol. The van der Waals surface area contributed by atoms with Gasteiger partial charge in [0.05, 0.1) is 5.56 Å². The highest BCUT2D eigenvalue weighted by Crippen LogP contribution is 2.27. The van der Waals surface area contributed by atoms with Gasteiger partial charge in [-0.15, -0.1) is 0 Å². The van der Waals surface area contributed by atoms with Crippen molar-refractivity contribution < 1.29 is 8.91 Å². The van der Waals surface area contributed by atoms with Crippen molar-refractivity contribution in [3.05, 3.63) is 53.8 Å². The van der Waals surface area contributed by atoms with E-state index >= 15 is 0 Å². The molecule has 0 atom stereocenters. The molecule has 3 aromatic rings. The Morgan fingerprint density at radius 2 is 1.90 bits per heavy atom. The first-order valence-corrected chi connectivity index (χ1v) is 6.66. The fourth-order valence-electron chi connectivity index (χ4n) is 2.07. The van der Waals surface area contributed by atoms with Gasteiger partial charge in [-0.3, -0.25) is 0 Å². The van der Waals surface area contributed by atoms with Crippen LogP contribution in [-0.2, 0) is 6.42 Å². The van der Waals surface area contributed by atoms with E-state index in [4.69, 9.17) is 10.3 Å². The van der Waals surface area contributed by atoms with Crippen LogP contribution < -0.4 is 5.73 Å². The maximum Gasteiger partial charge on any atom is 0.260 e. The molecule has 4 nitrogen and oxygen atoms in total. The molecule has 0 aliphatic rings. The molecule has 0 saturated carbocycles. The van der Waals surface area contributed by atoms with Crippen LogP contribution in [-0.4, -0.2) is 10.1 Å². The molecule has 1 aromatic heterocycles. The van der Waals surface area contributed by atoms with Gasteiger partial charge in [-0.1, -0.05) is 36.3 Å². The lowest BCUT2D eigenvalue weighted by Crippen LogP contribution is -1.91. The van der Waals surface area contributed by atoms with Crippen molar-refractivity contribution in [3.8, 4) is 22.8 Å². The zero-order chi connectivity index (χ0) is 14.8. The summed E-state index contributed by atoms with van der Waals surface area (Å²) in [4.78, 5) is 4.32. The molecule has 21 heavy (non-hydrogen) atoms. The number of aromatic nitrogens is 2. The molecule has 1 heterocycles. The summed E-state index contributed by atoms with van der Waals surface area (Å²) < 4.78 is 18.3. The molecule has 0 aliphatic heterocycles. The van der Waals surface area contributed by atoms with E-state index in [9.17, 15) is 4.39 Å². The van der Waals surface area contributed by atoms with Gasteiger partial charge >= 0.3 is 0 Å². The molecular weight excluding hydrogens is 269 g/mol. The van der Waals surface area contributed by atoms with Crippen LogP contribution in [0.1, 0.15) is 12.5 Å². The number of halogens is 1. The average molecular weight is 283 g/mol. The summed E-state index contributed by atoms with van der Waals surface area (Å²) in [6, 6.07) is 12.0. The highest BCUT2D eigenvalue weighted by molar-refractivity contribution is 5.71. The molecule has 0 unspecified atom stereocenters. The molecule has 2 N–H and O–H groups in total. The van der Waals surface area contributed by atoms with E-state index in [1.807, 2.05) is 24.3 Å². The molecule has 0 saturated heterocycles. The smallest absolute Gasteiger partial charge is 0.260 e. The minimum atomic E-state index is -0.397. The molecule has 106 valence electrons. The minimum Gasteiger partial charge on any atom is -0.398 e. The number of anilines is 1. The average Bonchev–Trinajstić information content (AvgIpc) is 2.97. The summed E-state index contributed by atoms with van der Waals surface area (Å²) in [7, 11) is 0. The van der Waals surface area contributed by atoms with Crippen molar-refractivity contribution in [2.24, 2.45) is 0 Å². The molecule has 2 aromatic carbocycles. The Kier molecular flexibility index (Phi) is 3.39. The largest absolute Gasteiger partial charge is 0.398 e. The van der Waals surface area contributed by atoms with Gasteiger partial charge in [0.2, 0.25) is 5.82 Å². The Bertz CT molecular complexity index is 765. The van der Waals surface area contributed by atoms with Gasteiger partial charge in [-0.2, -0.15) is 4.98 Å². The zero-order valence-electron chi connectivity index (χ0n) is 11.5. The Hall–Kier alpha value is -2.69. The predicted molar refractivity (Wildman–Crippen MR) is 78.9 cm³/mol. The Morgan fingerprint density at radius 1 is 1.14 bits per heavy atom. The van der Waals surface area contributed by atoms with E-state index in [2.05, 4.69) is 17.1 Å². The van der Waals surface area contributed by atoms with Crippen molar-refractivity contribution >= 4 is 5.69 Å². The third-order valence-electron chi connectivity index (χ3n) is 3.29. The number of aryl methyl sites for hydroxylation is 1. The van der Waals surface area contributed by atoms with Crippen molar-refractivity contribution in [3.63, 3.8) is 0 Å². The SMILES string of the molecule is CCc1ccc(-c2noc(-c3ccc(F)cc3N)n2)cc1. The summed E-state index contributed by atoms with van der Waals surface area (Å²) in [6.45, 7) is 2.10. The van der Waals surface area contributed by atoms with Crippen LogP contribution in [0.3, 0.4) is 0 Å². The fraction of sp³-hybridized carbons (Fsp3) is 0.125. The summed E-state index contributed by atoms with van der Waals surface area (Å²) >= 11 is 0. The first-order valence-electron chi connectivity index (χ1n) is 6.66. The van der Waals surface area contributed by atoms with Gasteiger partial charge in [0.1, 0.15) is 5.82 Å². The van der Waals surface area contributed by atoms with E-state index in [1.54, 1.807) is 0 Å². The summed E-state index contributed by atoms with van der Waals surface area (Å²) in [6.07, 6.45) is 0.976. The Morgan fingerprint density at radius 3 is 2.57 bits per heavy atom. The molecule has 0 spiro atoms. The Labute approximate surface area is 121 Å². The van der Waals surface area contributed by atoms with E-state index in [0.717, 1.165) is 12.0 Å². The second kappa shape index (κ2) is 5.36. The highest BCUT2D eigenvalue weighted by atomic mass is 19.1. The fourth-order valence-corrected chi connectivity index (χ4v) is 2.07. The summed E-state index contributed by atoms with van der Waals surface area (Å²) in [5, 5.41) is 3.95. The van der Waals surface area contributed by atoms with Crippen LogP contribution in [0.4, 0.5) is 10.1 Å². The Balaban J connectivity index is 1.95. The van der Waals surface area contributed by atoms with Crippen molar-refractivity contribution in [1.82, 2.24) is 10.1 Å². The molecular formula is C16H14FN3O. The quantitative estimate of drug-likeness (QED) is 0.744. The second-order valence-corrected chi connectivity index (χ2v) is 4.71. The summed E-state index contributed by atoms with van der Waals surface area (Å²) in [5.41, 5.74) is 8.67. The lowest BCUT2D eigenvalue weighted by molar-refractivity contribution is 0.432. The van der Waals surface area contributed by atoms with E-state index in [-0.39, 0.29) is 11.6 Å². The van der Waals surface area contributed by atoms with Crippen molar-refractivity contribution in [2.75, 3.05) is 5.73 Å². The number of nitrogen functional groups attached to an aromatic ring is 1. The summed E-state index contributed by atoms with van der Waals surface area (Å²) in [5.74, 6) is 0.365. The van der Waals surface area contributed by atoms with E-state index < -0.39 is 5.82 Å². The van der Waals surface area contributed by atoms with Gasteiger partial charge in [0.25, 0.3) is 5.89 Å². The van der Waals surface area contributed by atoms with Crippen LogP contribution >= 0.6 is 0 Å². The number of hydrogen-bond donors (Lipinski definition) is 1. The predicted octanol–water partition coefficient (Wildman–Crippen LogP) is 3.69. The van der Waals surface area contributed by atoms with Crippen molar-refractivity contribution in [1.29, 1.82) is 0 Å². The molecule has 0 bridgehead atoms. The molecule has 3 rings (SSSR count). The van der Waals surface area contributed by atoms with Crippen LogP contribution in [0.15, 0.2) is 47.0 Å². The third-order valence-corrected chi connectivity index (χ3v) is 3.29. The number of nitrogens with zero attached hydrogens (tertiary/aromatic N) is 2. The van der Waals surface area contributed by atoms with E-state index in [0.29, 0.717) is 11.4 Å². The molecule has 0 fully saturated rings. The number of rotatable bonds is 3. The first kappa shape index (κ1) is 13.3. The van der Waals surface area contributed by atoms with Gasteiger partial charge < -0.3 is 10.3 Å². The second-order valence-electron chi connectivity index (χ2n) is 4.71. The standard InChI is InChI=1S/C16H14FN3O/c1-2-10-3-5-11(6-4-10)15-19-16(21-20-15)13-8-7-12(17)9-14(13)18/h3-9H,2,18H2,1H3. The minimum absolute atomic E-state index is 0.270. The lowest BCUT2D eigenvalue weighted by atomic mass is 10.1. The first-order chi connectivity index (χ1) is 10.2. The van der Waals surface area contributed by atoms with E-state index in [1.165, 1.54) is 23.8 Å². The zero-order valence-corrected chi connectivity index (χ0v) is 11.5. The number of benzene rings is 2. The van der Waals surface area contributed by atoms with Gasteiger partial charge in [0, 0.05) is 11.3 Å².